The third kappa shape index (κ3) is 8.75. The van der Waals surface area contributed by atoms with E-state index in [4.69, 9.17) is 30.5 Å². The molecule has 0 radical (unpaired) electrons. The molecule has 1 aliphatic heterocycles. The van der Waals surface area contributed by atoms with Crippen LogP contribution in [0.1, 0.15) is 79.1 Å². The average Bonchev–Trinajstić information content (AvgIpc) is 3.03. The molecule has 31 heavy (non-hydrogen) atoms. The molecule has 0 aliphatic carbocycles. The Kier molecular flexibility index (Phi) is 12.6. The monoisotopic (exact) mass is 474 g/mol. The van der Waals surface area contributed by atoms with Crippen molar-refractivity contribution < 1.29 is 18.9 Å². The molecular weight excluding hydrogens is 432 g/mol. The third-order valence-corrected chi connectivity index (χ3v) is 7.50. The summed E-state index contributed by atoms with van der Waals surface area (Å²) in [5.41, 5.74) is -0.327. The van der Waals surface area contributed by atoms with Gasteiger partial charge in [-0.05, 0) is 24.7 Å². The van der Waals surface area contributed by atoms with E-state index < -0.39 is 0 Å². The van der Waals surface area contributed by atoms with Crippen molar-refractivity contribution in [3.8, 4) is 11.5 Å². The van der Waals surface area contributed by atoms with Crippen LogP contribution in [-0.2, 0) is 9.47 Å². The van der Waals surface area contributed by atoms with Crippen LogP contribution in [0.15, 0.2) is 5.38 Å². The molecule has 0 aromatic carbocycles. The molecule has 180 valence electrons. The first kappa shape index (κ1) is 26.8. The van der Waals surface area contributed by atoms with Gasteiger partial charge in [-0.3, -0.25) is 0 Å². The van der Waals surface area contributed by atoms with Gasteiger partial charge in [0.1, 0.15) is 17.6 Å². The molecule has 0 saturated heterocycles. The maximum absolute atomic E-state index is 6.30. The van der Waals surface area contributed by atoms with Crippen molar-refractivity contribution in [3.05, 3.63) is 9.72 Å². The molecule has 2 atom stereocenters. The first-order valence-electron chi connectivity index (χ1n) is 12.2. The van der Waals surface area contributed by atoms with Crippen molar-refractivity contribution in [1.29, 1.82) is 0 Å². The number of rotatable bonds is 16. The highest BCUT2D eigenvalue weighted by atomic mass is 35.5. The zero-order valence-corrected chi connectivity index (χ0v) is 21.6. The first-order chi connectivity index (χ1) is 15.1. The van der Waals surface area contributed by atoms with Gasteiger partial charge in [0, 0.05) is 18.6 Å². The summed E-state index contributed by atoms with van der Waals surface area (Å²) in [6.07, 6.45) is 9.74. The lowest BCUT2D eigenvalue weighted by atomic mass is 9.91. The zero-order chi connectivity index (χ0) is 22.5. The van der Waals surface area contributed by atoms with Crippen LogP contribution in [0.4, 0.5) is 0 Å². The molecule has 2 heterocycles. The lowest BCUT2D eigenvalue weighted by Crippen LogP contribution is -2.43. The summed E-state index contributed by atoms with van der Waals surface area (Å²) in [5.74, 6) is 2.62. The Morgan fingerprint density at radius 2 is 1.48 bits per heavy atom. The second-order valence-electron chi connectivity index (χ2n) is 9.14. The van der Waals surface area contributed by atoms with E-state index in [0.717, 1.165) is 31.8 Å². The molecule has 1 aromatic rings. The van der Waals surface area contributed by atoms with Crippen LogP contribution < -0.4 is 9.47 Å². The van der Waals surface area contributed by atoms with Gasteiger partial charge in [-0.25, -0.2) is 0 Å². The maximum Gasteiger partial charge on any atom is 0.190 e. The van der Waals surface area contributed by atoms with Gasteiger partial charge < -0.3 is 18.9 Å². The van der Waals surface area contributed by atoms with Gasteiger partial charge in [0.15, 0.2) is 11.5 Å². The van der Waals surface area contributed by atoms with Gasteiger partial charge in [-0.2, -0.15) is 0 Å². The Bertz CT molecular complexity index is 584. The van der Waals surface area contributed by atoms with Gasteiger partial charge in [0.05, 0.1) is 18.6 Å². The maximum atomic E-state index is 6.30. The summed E-state index contributed by atoms with van der Waals surface area (Å²) in [7, 11) is 0. The normalized spacial score (nSPS) is 20.4. The van der Waals surface area contributed by atoms with Crippen molar-refractivity contribution in [1.82, 2.24) is 0 Å². The van der Waals surface area contributed by atoms with Crippen molar-refractivity contribution >= 4 is 22.9 Å². The number of hydrogen-bond acceptors (Lipinski definition) is 5. The average molecular weight is 475 g/mol. The molecular formula is C25H43ClO4S. The number of hydrogen-bond donors (Lipinski definition) is 0. The highest BCUT2D eigenvalue weighted by Crippen LogP contribution is 2.44. The Hall–Kier alpha value is -0.490. The largest absolute Gasteiger partial charge is 0.488 e. The SMILES string of the molecule is CCCCC(CC)COCC1(COCC(CC)CCCC)COc2csc(Cl)c2OC1. The molecule has 6 heteroatoms. The minimum atomic E-state index is -0.327. The van der Waals surface area contributed by atoms with E-state index in [0.29, 0.717) is 48.3 Å². The van der Waals surface area contributed by atoms with Gasteiger partial charge in [0.25, 0.3) is 0 Å². The predicted molar refractivity (Wildman–Crippen MR) is 131 cm³/mol. The quantitative estimate of drug-likeness (QED) is 0.247. The fourth-order valence-corrected chi connectivity index (χ4v) is 4.86. The summed E-state index contributed by atoms with van der Waals surface area (Å²) >= 11 is 7.75. The molecule has 2 unspecified atom stereocenters. The van der Waals surface area contributed by atoms with E-state index in [1.165, 1.54) is 49.9 Å². The molecule has 0 fully saturated rings. The van der Waals surface area contributed by atoms with E-state index in [9.17, 15) is 0 Å². The smallest absolute Gasteiger partial charge is 0.190 e. The van der Waals surface area contributed by atoms with E-state index in [1.54, 1.807) is 0 Å². The molecule has 2 rings (SSSR count). The van der Waals surface area contributed by atoms with Crippen LogP contribution in [0.25, 0.3) is 0 Å². The van der Waals surface area contributed by atoms with Crippen LogP contribution in [0.5, 0.6) is 11.5 Å². The van der Waals surface area contributed by atoms with Gasteiger partial charge in [-0.15, -0.1) is 11.3 Å². The molecule has 1 aliphatic rings. The summed E-state index contributed by atoms with van der Waals surface area (Å²) in [4.78, 5) is 0. The van der Waals surface area contributed by atoms with Crippen molar-refractivity contribution in [3.63, 3.8) is 0 Å². The van der Waals surface area contributed by atoms with Crippen molar-refractivity contribution in [2.75, 3.05) is 39.6 Å². The molecule has 4 nitrogen and oxygen atoms in total. The highest BCUT2D eigenvalue weighted by molar-refractivity contribution is 7.15. The van der Waals surface area contributed by atoms with Crippen LogP contribution in [0.2, 0.25) is 4.34 Å². The highest BCUT2D eigenvalue weighted by Gasteiger charge is 2.37. The topological polar surface area (TPSA) is 36.9 Å². The van der Waals surface area contributed by atoms with E-state index >= 15 is 0 Å². The summed E-state index contributed by atoms with van der Waals surface area (Å²) in [6.45, 7) is 12.7. The van der Waals surface area contributed by atoms with E-state index in [1.807, 2.05) is 5.38 Å². The Morgan fingerprint density at radius 1 is 0.935 bits per heavy atom. The number of halogens is 1. The summed E-state index contributed by atoms with van der Waals surface area (Å²) in [5, 5.41) is 1.92. The summed E-state index contributed by atoms with van der Waals surface area (Å²) < 4.78 is 25.4. The third-order valence-electron chi connectivity index (χ3n) is 6.34. The lowest BCUT2D eigenvalue weighted by Gasteiger charge is -2.32. The van der Waals surface area contributed by atoms with Crippen molar-refractivity contribution in [2.45, 2.75) is 79.1 Å². The minimum Gasteiger partial charge on any atom is -0.488 e. The molecule has 0 spiro atoms. The Labute approximate surface area is 198 Å². The second-order valence-corrected chi connectivity index (χ2v) is 10.6. The number of thiophene rings is 1. The predicted octanol–water partition coefficient (Wildman–Crippen LogP) is 7.63. The molecule has 0 N–H and O–H groups in total. The van der Waals surface area contributed by atoms with E-state index in [-0.39, 0.29) is 5.41 Å². The van der Waals surface area contributed by atoms with Crippen LogP contribution in [0, 0.1) is 17.3 Å². The molecule has 0 amide bonds. The summed E-state index contributed by atoms with van der Waals surface area (Å²) in [6, 6.07) is 0. The fraction of sp³-hybridized carbons (Fsp3) is 0.840. The van der Waals surface area contributed by atoms with E-state index in [2.05, 4.69) is 27.7 Å². The van der Waals surface area contributed by atoms with Gasteiger partial charge in [0.2, 0.25) is 0 Å². The van der Waals surface area contributed by atoms with Crippen LogP contribution in [-0.4, -0.2) is 39.6 Å². The second kappa shape index (κ2) is 14.6. The van der Waals surface area contributed by atoms with Gasteiger partial charge >= 0.3 is 0 Å². The molecule has 0 bridgehead atoms. The van der Waals surface area contributed by atoms with Crippen molar-refractivity contribution in [2.24, 2.45) is 17.3 Å². The number of ether oxygens (including phenoxy) is 4. The molecule has 0 saturated carbocycles. The lowest BCUT2D eigenvalue weighted by molar-refractivity contribution is -0.0715. The number of fused-ring (bicyclic) bond motifs is 1. The van der Waals surface area contributed by atoms with Crippen LogP contribution in [0.3, 0.4) is 0 Å². The Morgan fingerprint density at radius 3 is 2.00 bits per heavy atom. The molecule has 1 aromatic heterocycles. The standard InChI is InChI=1S/C25H43ClO4S/c1-5-9-11-20(7-3)13-27-16-25(17-28-14-21(8-4)12-10-6-2)18-29-22-15-31-24(26)23(22)30-19-25/h15,20-21H,5-14,16-19H2,1-4H3. The first-order valence-corrected chi connectivity index (χ1v) is 13.5. The zero-order valence-electron chi connectivity index (χ0n) is 20.1. The number of unbranched alkanes of at least 4 members (excludes halogenated alkanes) is 2. The fourth-order valence-electron chi connectivity index (χ4n) is 3.92. The Balaban J connectivity index is 1.96. The van der Waals surface area contributed by atoms with Gasteiger partial charge in [-0.1, -0.05) is 77.8 Å². The van der Waals surface area contributed by atoms with Crippen LogP contribution >= 0.6 is 22.9 Å². The minimum absolute atomic E-state index is 0.327.